The minimum Gasteiger partial charge on any atom is -0.463 e. The molecule has 0 saturated carbocycles. The maximum absolute atomic E-state index is 13.6. The van der Waals surface area contributed by atoms with Gasteiger partial charge in [-0.2, -0.15) is 0 Å². The Morgan fingerprint density at radius 2 is 1.69 bits per heavy atom. The van der Waals surface area contributed by atoms with Crippen LogP contribution in [0.5, 0.6) is 0 Å². The zero-order valence-electron chi connectivity index (χ0n) is 27.9. The largest absolute Gasteiger partial charge is 0.463 e. The van der Waals surface area contributed by atoms with Crippen molar-refractivity contribution in [2.24, 2.45) is 5.92 Å². The average Bonchev–Trinajstić information content (AvgIpc) is 3.10. The van der Waals surface area contributed by atoms with E-state index in [1.807, 2.05) is 60.7 Å². The molecule has 0 aromatic heterocycles. The van der Waals surface area contributed by atoms with Crippen molar-refractivity contribution >= 4 is 23.9 Å². The predicted molar refractivity (Wildman–Crippen MR) is 185 cm³/mol. The summed E-state index contributed by atoms with van der Waals surface area (Å²) in [6.45, 7) is 8.27. The third-order valence-corrected chi connectivity index (χ3v) is 8.42. The molecule has 0 saturated heterocycles. The summed E-state index contributed by atoms with van der Waals surface area (Å²) in [6, 6.07) is 16.4. The minimum atomic E-state index is -0.676. The second-order valence-corrected chi connectivity index (χ2v) is 12.2. The molecule has 10 nitrogen and oxygen atoms in total. The number of aliphatic hydroxyl groups excluding tert-OH is 1. The molecule has 0 bridgehead atoms. The van der Waals surface area contributed by atoms with Crippen LogP contribution < -0.4 is 10.6 Å². The highest BCUT2D eigenvalue weighted by molar-refractivity contribution is 5.86. The third kappa shape index (κ3) is 13.4. The van der Waals surface area contributed by atoms with Crippen LogP contribution in [0.1, 0.15) is 74.5 Å². The van der Waals surface area contributed by atoms with Crippen molar-refractivity contribution in [3.05, 3.63) is 96.6 Å². The van der Waals surface area contributed by atoms with Crippen LogP contribution in [0.25, 0.3) is 0 Å². The molecule has 0 aliphatic carbocycles. The molecule has 3 N–H and O–H groups in total. The number of esters is 1. The Hall–Kier alpha value is -4.44. The summed E-state index contributed by atoms with van der Waals surface area (Å²) in [5.41, 5.74) is 3.04. The first kappa shape index (κ1) is 38.0. The van der Waals surface area contributed by atoms with Gasteiger partial charge in [-0.15, -0.1) is 13.2 Å². The highest BCUT2D eigenvalue weighted by atomic mass is 16.5. The lowest BCUT2D eigenvalue weighted by atomic mass is 9.92. The Morgan fingerprint density at radius 3 is 2.42 bits per heavy atom. The minimum absolute atomic E-state index is 0.00281. The Morgan fingerprint density at radius 1 is 0.938 bits per heavy atom. The number of hydrogen-bond acceptors (Lipinski definition) is 7. The molecule has 260 valence electrons. The standard InChI is InChI=1S/C38H51N3O7/c1-3-5-6-10-21-36(44)47-28-33(20-13-14-22-39-38(46)48-27-29-16-8-7-9-17-29)40-37(45)31(15-4-2)24-35(43)41-25-32-19-12-11-18-30(32)23-34(41)26-42/h3-4,7-9,11-12,16-19,31,33-34,42H,1-2,5-6,10,13-15,20-28H2,(H,39,46)(H,40,45)/t31-,33-,34-/m0/s1. The van der Waals surface area contributed by atoms with Crippen LogP contribution in [0.2, 0.25) is 0 Å². The first-order valence-electron chi connectivity index (χ1n) is 16.9. The van der Waals surface area contributed by atoms with Gasteiger partial charge in [-0.25, -0.2) is 4.79 Å². The summed E-state index contributed by atoms with van der Waals surface area (Å²) < 4.78 is 10.8. The number of ether oxygens (including phenoxy) is 2. The molecule has 2 aromatic carbocycles. The maximum Gasteiger partial charge on any atom is 0.407 e. The lowest BCUT2D eigenvalue weighted by molar-refractivity contribution is -0.145. The molecule has 3 atom stereocenters. The molecule has 0 radical (unpaired) electrons. The molecular weight excluding hydrogens is 610 g/mol. The number of allylic oxidation sites excluding steroid dienone is 2. The fraction of sp³-hybridized carbons (Fsp3) is 0.474. The second kappa shape index (κ2) is 21.4. The van der Waals surface area contributed by atoms with E-state index in [4.69, 9.17) is 9.47 Å². The van der Waals surface area contributed by atoms with E-state index in [0.29, 0.717) is 45.2 Å². The number of rotatable bonds is 21. The van der Waals surface area contributed by atoms with Crippen LogP contribution in [0.4, 0.5) is 4.79 Å². The Kier molecular flexibility index (Phi) is 17.0. The summed E-state index contributed by atoms with van der Waals surface area (Å²) in [4.78, 5) is 53.3. The van der Waals surface area contributed by atoms with Crippen molar-refractivity contribution in [3.8, 4) is 0 Å². The number of hydrogen-bond donors (Lipinski definition) is 3. The van der Waals surface area contributed by atoms with E-state index in [2.05, 4.69) is 23.8 Å². The van der Waals surface area contributed by atoms with Gasteiger partial charge >= 0.3 is 12.1 Å². The molecular formula is C38H51N3O7. The number of alkyl carbamates (subject to hydrolysis) is 1. The van der Waals surface area contributed by atoms with E-state index in [0.717, 1.165) is 29.5 Å². The van der Waals surface area contributed by atoms with Gasteiger partial charge in [0.15, 0.2) is 0 Å². The molecule has 0 spiro atoms. The molecule has 1 aliphatic heterocycles. The zero-order chi connectivity index (χ0) is 34.6. The molecule has 2 aromatic rings. The van der Waals surface area contributed by atoms with E-state index < -0.39 is 18.1 Å². The number of aliphatic hydroxyl groups is 1. The molecule has 1 aliphatic rings. The average molecular weight is 662 g/mol. The van der Waals surface area contributed by atoms with Crippen molar-refractivity contribution in [1.82, 2.24) is 15.5 Å². The van der Waals surface area contributed by atoms with Gasteiger partial charge in [-0.05, 0) is 68.1 Å². The normalized spacial score (nSPS) is 14.9. The monoisotopic (exact) mass is 661 g/mol. The quantitative estimate of drug-likeness (QED) is 0.0929. The number of nitrogens with one attached hydrogen (secondary N) is 2. The predicted octanol–water partition coefficient (Wildman–Crippen LogP) is 5.39. The lowest BCUT2D eigenvalue weighted by Gasteiger charge is -2.36. The van der Waals surface area contributed by atoms with Gasteiger partial charge in [0.2, 0.25) is 11.8 Å². The van der Waals surface area contributed by atoms with E-state index in [1.54, 1.807) is 11.0 Å². The Labute approximate surface area is 284 Å². The summed E-state index contributed by atoms with van der Waals surface area (Å²) in [5, 5.41) is 15.8. The molecule has 1 heterocycles. The van der Waals surface area contributed by atoms with Crippen LogP contribution in [0.3, 0.4) is 0 Å². The fourth-order valence-electron chi connectivity index (χ4n) is 5.68. The highest BCUT2D eigenvalue weighted by Crippen LogP contribution is 2.25. The van der Waals surface area contributed by atoms with E-state index in [1.165, 1.54) is 0 Å². The van der Waals surface area contributed by atoms with Crippen molar-refractivity contribution in [2.75, 3.05) is 19.8 Å². The van der Waals surface area contributed by atoms with Crippen LogP contribution in [-0.2, 0) is 43.4 Å². The van der Waals surface area contributed by atoms with Gasteiger partial charge < -0.3 is 30.1 Å². The first-order chi connectivity index (χ1) is 23.3. The fourth-order valence-corrected chi connectivity index (χ4v) is 5.68. The van der Waals surface area contributed by atoms with Crippen molar-refractivity contribution in [1.29, 1.82) is 0 Å². The second-order valence-electron chi connectivity index (χ2n) is 12.2. The smallest absolute Gasteiger partial charge is 0.407 e. The third-order valence-electron chi connectivity index (χ3n) is 8.42. The molecule has 3 rings (SSSR count). The SMILES string of the molecule is C=CCCCCC(=O)OC[C@H](CCCCNC(=O)OCc1ccccc1)NC(=O)[C@@H](CC=C)CC(=O)N1Cc2ccccc2C[C@H]1CO. The number of fused-ring (bicyclic) bond motifs is 1. The van der Waals surface area contributed by atoms with Crippen LogP contribution >= 0.6 is 0 Å². The maximum atomic E-state index is 13.6. The summed E-state index contributed by atoms with van der Waals surface area (Å²) in [5.74, 6) is -1.54. The number of carbonyl (C=O) groups excluding carboxylic acids is 4. The summed E-state index contributed by atoms with van der Waals surface area (Å²) >= 11 is 0. The van der Waals surface area contributed by atoms with Crippen LogP contribution in [0.15, 0.2) is 79.9 Å². The molecule has 10 heteroatoms. The van der Waals surface area contributed by atoms with E-state index in [9.17, 15) is 24.3 Å². The lowest BCUT2D eigenvalue weighted by Crippen LogP contribution is -2.48. The van der Waals surface area contributed by atoms with Gasteiger partial charge in [0, 0.05) is 25.9 Å². The number of unbranched alkanes of at least 4 members (excludes halogenated alkanes) is 3. The van der Waals surface area contributed by atoms with Gasteiger partial charge in [0.05, 0.1) is 24.6 Å². The number of nitrogens with zero attached hydrogens (tertiary/aromatic N) is 1. The van der Waals surface area contributed by atoms with E-state index >= 15 is 0 Å². The Balaban J connectivity index is 1.54. The van der Waals surface area contributed by atoms with Crippen LogP contribution in [-0.4, -0.2) is 65.7 Å². The van der Waals surface area contributed by atoms with Crippen molar-refractivity contribution in [3.63, 3.8) is 0 Å². The van der Waals surface area contributed by atoms with Gasteiger partial charge in [0.25, 0.3) is 0 Å². The van der Waals surface area contributed by atoms with Crippen molar-refractivity contribution < 1.29 is 33.8 Å². The van der Waals surface area contributed by atoms with Crippen LogP contribution in [0, 0.1) is 5.92 Å². The number of benzene rings is 2. The van der Waals surface area contributed by atoms with Gasteiger partial charge in [-0.3, -0.25) is 14.4 Å². The number of amides is 3. The Bertz CT molecular complexity index is 1330. The summed E-state index contributed by atoms with van der Waals surface area (Å²) in [7, 11) is 0. The van der Waals surface area contributed by atoms with Gasteiger partial charge in [-0.1, -0.05) is 66.7 Å². The first-order valence-corrected chi connectivity index (χ1v) is 16.9. The van der Waals surface area contributed by atoms with E-state index in [-0.39, 0.29) is 62.9 Å². The molecule has 3 amide bonds. The topological polar surface area (TPSA) is 134 Å². The van der Waals surface area contributed by atoms with Gasteiger partial charge in [0.1, 0.15) is 13.2 Å². The highest BCUT2D eigenvalue weighted by Gasteiger charge is 2.32. The molecule has 48 heavy (non-hydrogen) atoms. The molecule has 0 fully saturated rings. The summed E-state index contributed by atoms with van der Waals surface area (Å²) in [6.07, 6.45) is 8.12. The number of carbonyl (C=O) groups is 4. The zero-order valence-corrected chi connectivity index (χ0v) is 27.9. The van der Waals surface area contributed by atoms with Crippen molar-refractivity contribution in [2.45, 2.75) is 89.4 Å². The molecule has 0 unspecified atom stereocenters.